The summed E-state index contributed by atoms with van der Waals surface area (Å²) in [4.78, 5) is 0. The van der Waals surface area contributed by atoms with Gasteiger partial charge in [-0.1, -0.05) is 0 Å². The number of nitrogen functional groups attached to an aromatic ring is 1. The van der Waals surface area contributed by atoms with Crippen LogP contribution in [0.25, 0.3) is 0 Å². The molecule has 3 rings (SSSR count). The molecule has 0 spiro atoms. The predicted octanol–water partition coefficient (Wildman–Crippen LogP) is 0.661. The van der Waals surface area contributed by atoms with Crippen LogP contribution >= 0.6 is 0 Å². The minimum absolute atomic E-state index is 0.114. The molecule has 2 N–H and O–H groups in total. The molecule has 5 nitrogen and oxygen atoms in total. The Hall–Kier alpha value is -1.04. The van der Waals surface area contributed by atoms with Crippen LogP contribution in [-0.2, 0) is 22.0 Å². The SMILES string of the molecule is Nc1nn(C2CCC2)c2c1CCS(=O)(=O)C2. The Bertz CT molecular complexity index is 529. The summed E-state index contributed by atoms with van der Waals surface area (Å²) in [7, 11) is -2.94. The summed E-state index contributed by atoms with van der Waals surface area (Å²) < 4.78 is 25.1. The van der Waals surface area contributed by atoms with Crippen molar-refractivity contribution in [3.63, 3.8) is 0 Å². The lowest BCUT2D eigenvalue weighted by Gasteiger charge is -2.28. The van der Waals surface area contributed by atoms with Crippen LogP contribution in [0.3, 0.4) is 0 Å². The number of fused-ring (bicyclic) bond motifs is 1. The lowest BCUT2D eigenvalue weighted by atomic mass is 9.93. The first-order valence-electron chi connectivity index (χ1n) is 5.63. The zero-order valence-electron chi connectivity index (χ0n) is 9.02. The van der Waals surface area contributed by atoms with E-state index in [2.05, 4.69) is 5.10 Å². The molecule has 0 aromatic carbocycles. The zero-order chi connectivity index (χ0) is 11.3. The van der Waals surface area contributed by atoms with E-state index < -0.39 is 9.84 Å². The molecule has 0 atom stereocenters. The van der Waals surface area contributed by atoms with Crippen LogP contribution in [-0.4, -0.2) is 24.0 Å². The van der Waals surface area contributed by atoms with Crippen molar-refractivity contribution in [1.29, 1.82) is 0 Å². The Morgan fingerprint density at radius 1 is 1.38 bits per heavy atom. The van der Waals surface area contributed by atoms with E-state index in [0.29, 0.717) is 18.3 Å². The van der Waals surface area contributed by atoms with Gasteiger partial charge in [0.15, 0.2) is 9.84 Å². The van der Waals surface area contributed by atoms with Crippen molar-refractivity contribution < 1.29 is 8.42 Å². The molecule has 88 valence electrons. The third-order valence-corrected chi connectivity index (χ3v) is 5.13. The van der Waals surface area contributed by atoms with E-state index >= 15 is 0 Å². The molecule has 0 amide bonds. The molecule has 1 fully saturated rings. The Kier molecular flexibility index (Phi) is 2.04. The van der Waals surface area contributed by atoms with Gasteiger partial charge in [0.05, 0.1) is 23.2 Å². The van der Waals surface area contributed by atoms with Crippen LogP contribution in [0.4, 0.5) is 5.82 Å². The fraction of sp³-hybridized carbons (Fsp3) is 0.700. The molecule has 2 aliphatic rings. The number of aromatic nitrogens is 2. The van der Waals surface area contributed by atoms with Crippen LogP contribution in [0.2, 0.25) is 0 Å². The lowest BCUT2D eigenvalue weighted by molar-refractivity contribution is 0.284. The molecule has 1 aliphatic carbocycles. The van der Waals surface area contributed by atoms with Gasteiger partial charge in [0.1, 0.15) is 5.82 Å². The van der Waals surface area contributed by atoms with Crippen LogP contribution in [0, 0.1) is 0 Å². The van der Waals surface area contributed by atoms with Crippen LogP contribution < -0.4 is 5.73 Å². The lowest BCUT2D eigenvalue weighted by Crippen LogP contribution is -2.25. The minimum Gasteiger partial charge on any atom is -0.382 e. The van der Waals surface area contributed by atoms with Gasteiger partial charge in [-0.2, -0.15) is 5.10 Å². The highest BCUT2D eigenvalue weighted by Crippen LogP contribution is 2.36. The summed E-state index contributed by atoms with van der Waals surface area (Å²) in [5.74, 6) is 0.848. The third-order valence-electron chi connectivity index (χ3n) is 3.59. The summed E-state index contributed by atoms with van der Waals surface area (Å²) >= 11 is 0. The maximum absolute atomic E-state index is 11.6. The van der Waals surface area contributed by atoms with E-state index in [1.807, 2.05) is 4.68 Å². The topological polar surface area (TPSA) is 78.0 Å². The highest BCUT2D eigenvalue weighted by atomic mass is 32.2. The van der Waals surface area contributed by atoms with E-state index in [9.17, 15) is 8.42 Å². The molecule has 6 heteroatoms. The first kappa shape index (κ1) is 10.1. The van der Waals surface area contributed by atoms with E-state index in [4.69, 9.17) is 5.73 Å². The highest BCUT2D eigenvalue weighted by Gasteiger charge is 2.31. The summed E-state index contributed by atoms with van der Waals surface area (Å²) in [6, 6.07) is 0.374. The number of rotatable bonds is 1. The fourth-order valence-corrected chi connectivity index (χ4v) is 3.80. The number of sulfone groups is 1. The number of anilines is 1. The third kappa shape index (κ3) is 1.43. The average Bonchev–Trinajstić information content (AvgIpc) is 2.39. The second-order valence-corrected chi connectivity index (χ2v) is 6.87. The Labute approximate surface area is 94.5 Å². The van der Waals surface area contributed by atoms with Gasteiger partial charge in [-0.3, -0.25) is 4.68 Å². The molecule has 2 heterocycles. The minimum atomic E-state index is -2.94. The van der Waals surface area contributed by atoms with E-state index in [1.54, 1.807) is 0 Å². The largest absolute Gasteiger partial charge is 0.382 e. The Balaban J connectivity index is 2.08. The van der Waals surface area contributed by atoms with Gasteiger partial charge in [0.2, 0.25) is 0 Å². The van der Waals surface area contributed by atoms with Crippen molar-refractivity contribution in [3.8, 4) is 0 Å². The normalized spacial score (nSPS) is 23.8. The summed E-state index contributed by atoms with van der Waals surface area (Å²) in [6.45, 7) is 0. The maximum atomic E-state index is 11.6. The Morgan fingerprint density at radius 3 is 2.75 bits per heavy atom. The molecule has 1 aromatic rings. The molecule has 1 aliphatic heterocycles. The van der Waals surface area contributed by atoms with Crippen molar-refractivity contribution in [2.45, 2.75) is 37.5 Å². The monoisotopic (exact) mass is 241 g/mol. The van der Waals surface area contributed by atoms with Gasteiger partial charge in [-0.25, -0.2) is 8.42 Å². The van der Waals surface area contributed by atoms with Crippen LogP contribution in [0.15, 0.2) is 0 Å². The van der Waals surface area contributed by atoms with E-state index in [0.717, 1.165) is 24.1 Å². The van der Waals surface area contributed by atoms with Gasteiger partial charge < -0.3 is 5.73 Å². The summed E-state index contributed by atoms with van der Waals surface area (Å²) in [5.41, 5.74) is 7.64. The number of nitrogens with two attached hydrogens (primary N) is 1. The number of hydrogen-bond donors (Lipinski definition) is 1. The van der Waals surface area contributed by atoms with Crippen molar-refractivity contribution in [1.82, 2.24) is 9.78 Å². The molecule has 1 saturated carbocycles. The maximum Gasteiger partial charge on any atom is 0.156 e. The van der Waals surface area contributed by atoms with Crippen LogP contribution in [0.5, 0.6) is 0 Å². The molecule has 0 saturated heterocycles. The Morgan fingerprint density at radius 2 is 2.12 bits per heavy atom. The molecular weight excluding hydrogens is 226 g/mol. The second-order valence-electron chi connectivity index (χ2n) is 4.68. The summed E-state index contributed by atoms with van der Waals surface area (Å²) in [5, 5.41) is 4.31. The van der Waals surface area contributed by atoms with Gasteiger partial charge in [-0.05, 0) is 25.7 Å². The molecule has 16 heavy (non-hydrogen) atoms. The zero-order valence-corrected chi connectivity index (χ0v) is 9.83. The predicted molar refractivity (Wildman–Crippen MR) is 60.7 cm³/mol. The number of hydrogen-bond acceptors (Lipinski definition) is 4. The van der Waals surface area contributed by atoms with Crippen molar-refractivity contribution in [2.24, 2.45) is 0 Å². The van der Waals surface area contributed by atoms with Gasteiger partial charge >= 0.3 is 0 Å². The van der Waals surface area contributed by atoms with Gasteiger partial charge in [0, 0.05) is 5.56 Å². The fourth-order valence-electron chi connectivity index (χ4n) is 2.42. The molecule has 0 radical (unpaired) electrons. The first-order chi connectivity index (χ1) is 7.57. The molecule has 0 unspecified atom stereocenters. The average molecular weight is 241 g/mol. The van der Waals surface area contributed by atoms with Crippen LogP contribution in [0.1, 0.15) is 36.6 Å². The highest BCUT2D eigenvalue weighted by molar-refractivity contribution is 7.90. The summed E-state index contributed by atoms with van der Waals surface area (Å²) in [6.07, 6.45) is 3.91. The molecule has 0 bridgehead atoms. The molecule has 1 aromatic heterocycles. The van der Waals surface area contributed by atoms with Crippen molar-refractivity contribution in [3.05, 3.63) is 11.3 Å². The van der Waals surface area contributed by atoms with Crippen molar-refractivity contribution in [2.75, 3.05) is 11.5 Å². The molecular formula is C10H15N3O2S. The smallest absolute Gasteiger partial charge is 0.156 e. The quantitative estimate of drug-likeness (QED) is 0.783. The van der Waals surface area contributed by atoms with Gasteiger partial charge in [0.25, 0.3) is 0 Å². The first-order valence-corrected chi connectivity index (χ1v) is 7.45. The van der Waals surface area contributed by atoms with Crippen molar-refractivity contribution >= 4 is 15.7 Å². The standard InChI is InChI=1S/C10H15N3O2S/c11-10-8-4-5-16(14,15)6-9(8)13(12-10)7-2-1-3-7/h7H,1-6H2,(H2,11,12). The van der Waals surface area contributed by atoms with E-state index in [1.165, 1.54) is 6.42 Å². The van der Waals surface area contributed by atoms with E-state index in [-0.39, 0.29) is 11.5 Å². The number of nitrogens with zero attached hydrogens (tertiary/aromatic N) is 2. The van der Waals surface area contributed by atoms with Gasteiger partial charge in [-0.15, -0.1) is 0 Å². The second kappa shape index (κ2) is 3.23.